The van der Waals surface area contributed by atoms with E-state index < -0.39 is 17.8 Å². The van der Waals surface area contributed by atoms with Gasteiger partial charge in [0.05, 0.1) is 5.69 Å². The van der Waals surface area contributed by atoms with Gasteiger partial charge in [0, 0.05) is 0 Å². The van der Waals surface area contributed by atoms with Crippen LogP contribution in [0.15, 0.2) is 66.2 Å². The number of nitrogens with one attached hydrogen (secondary N) is 1. The molecule has 1 fully saturated rings. The van der Waals surface area contributed by atoms with Crippen molar-refractivity contribution in [1.29, 1.82) is 0 Å². The Morgan fingerprint density at radius 2 is 1.56 bits per heavy atom. The second-order valence-electron chi connectivity index (χ2n) is 8.53. The molecule has 3 aromatic carbocycles. The molecule has 1 N–H and O–H groups in total. The average Bonchev–Trinajstić information content (AvgIpc) is 2.78. The summed E-state index contributed by atoms with van der Waals surface area (Å²) >= 11 is 0. The molecule has 0 spiro atoms. The van der Waals surface area contributed by atoms with Crippen LogP contribution in [0, 0.1) is 27.7 Å². The minimum atomic E-state index is -0.754. The van der Waals surface area contributed by atoms with Crippen molar-refractivity contribution in [2.24, 2.45) is 0 Å². The number of rotatable bonds is 5. The Balaban J connectivity index is 1.54. The molecule has 6 heteroatoms. The van der Waals surface area contributed by atoms with Crippen molar-refractivity contribution in [3.63, 3.8) is 0 Å². The molecule has 0 aromatic heterocycles. The molecule has 1 saturated heterocycles. The molecule has 0 unspecified atom stereocenters. The van der Waals surface area contributed by atoms with Gasteiger partial charge in [0.1, 0.15) is 17.9 Å². The number of carbonyl (C=O) groups excluding carboxylic acids is 3. The van der Waals surface area contributed by atoms with Crippen molar-refractivity contribution in [2.75, 3.05) is 4.90 Å². The Hall–Kier alpha value is -4.19. The first kappa shape index (κ1) is 23.0. The first-order chi connectivity index (χ1) is 16.2. The number of urea groups is 1. The van der Waals surface area contributed by atoms with E-state index in [1.165, 1.54) is 17.2 Å². The summed E-state index contributed by atoms with van der Waals surface area (Å²) < 4.78 is 5.88. The molecule has 6 nitrogen and oxygen atoms in total. The maximum absolute atomic E-state index is 13.1. The maximum atomic E-state index is 13.1. The molecule has 4 amide bonds. The monoisotopic (exact) mass is 454 g/mol. The van der Waals surface area contributed by atoms with E-state index in [-0.39, 0.29) is 5.57 Å². The van der Waals surface area contributed by atoms with Crippen LogP contribution in [0.4, 0.5) is 10.5 Å². The number of ether oxygens (including phenoxy) is 1. The number of barbiturate groups is 1. The number of anilines is 1. The number of amides is 4. The molecule has 0 bridgehead atoms. The van der Waals surface area contributed by atoms with E-state index in [9.17, 15) is 14.4 Å². The molecule has 1 aliphatic rings. The summed E-state index contributed by atoms with van der Waals surface area (Å²) in [6.07, 6.45) is 1.48. The fraction of sp³-hybridized carbons (Fsp3) is 0.179. The minimum Gasteiger partial charge on any atom is -0.489 e. The molecule has 34 heavy (non-hydrogen) atoms. The van der Waals surface area contributed by atoms with E-state index in [1.54, 1.807) is 36.4 Å². The van der Waals surface area contributed by atoms with Crippen LogP contribution in [-0.4, -0.2) is 17.8 Å². The van der Waals surface area contributed by atoms with E-state index in [2.05, 4.69) is 37.4 Å². The zero-order chi connectivity index (χ0) is 24.4. The predicted octanol–water partition coefficient (Wildman–Crippen LogP) is 5.17. The number of benzene rings is 3. The molecule has 3 aromatic rings. The molecule has 172 valence electrons. The number of carbonyl (C=O) groups is 3. The van der Waals surface area contributed by atoms with Crippen LogP contribution in [0.1, 0.15) is 33.4 Å². The summed E-state index contributed by atoms with van der Waals surface area (Å²) in [5.74, 6) is -0.697. The number of nitrogens with zero attached hydrogens (tertiary/aromatic N) is 1. The molecule has 0 atom stereocenters. The predicted molar refractivity (Wildman–Crippen MR) is 132 cm³/mol. The molecule has 0 aliphatic carbocycles. The van der Waals surface area contributed by atoms with Crippen LogP contribution in [0.2, 0.25) is 0 Å². The van der Waals surface area contributed by atoms with Gasteiger partial charge in [-0.15, -0.1) is 0 Å². The standard InChI is InChI=1S/C28H26N2O4/c1-17-12-18(2)14-22(13-17)16-34-23-10-8-21(9-11-23)15-24-26(31)29-28(33)30(27(24)32)25-7-5-6-19(3)20(25)4/h5-15H,16H2,1-4H3,(H,29,31,33)/b24-15+. The fourth-order valence-corrected chi connectivity index (χ4v) is 4.00. The Bertz CT molecular complexity index is 1300. The number of imide groups is 2. The third-order valence-corrected chi connectivity index (χ3v) is 5.80. The molecule has 0 radical (unpaired) electrons. The average molecular weight is 455 g/mol. The Morgan fingerprint density at radius 3 is 2.24 bits per heavy atom. The number of hydrogen-bond acceptors (Lipinski definition) is 4. The summed E-state index contributed by atoms with van der Waals surface area (Å²) in [6, 6.07) is 18.0. The van der Waals surface area contributed by atoms with Crippen LogP contribution >= 0.6 is 0 Å². The van der Waals surface area contributed by atoms with Crippen LogP contribution in [0.3, 0.4) is 0 Å². The summed E-state index contributed by atoms with van der Waals surface area (Å²) in [4.78, 5) is 39.1. The van der Waals surface area contributed by atoms with Gasteiger partial charge in [-0.25, -0.2) is 9.69 Å². The summed E-state index contributed by atoms with van der Waals surface area (Å²) in [7, 11) is 0. The van der Waals surface area contributed by atoms with E-state index in [0.29, 0.717) is 23.6 Å². The van der Waals surface area contributed by atoms with Gasteiger partial charge in [-0.05, 0) is 74.2 Å². The second-order valence-corrected chi connectivity index (χ2v) is 8.53. The highest BCUT2D eigenvalue weighted by Gasteiger charge is 2.37. The topological polar surface area (TPSA) is 75.7 Å². The molecular weight excluding hydrogens is 428 g/mol. The zero-order valence-corrected chi connectivity index (χ0v) is 19.6. The lowest BCUT2D eigenvalue weighted by Crippen LogP contribution is -2.54. The van der Waals surface area contributed by atoms with Crippen LogP contribution in [-0.2, 0) is 16.2 Å². The van der Waals surface area contributed by atoms with Gasteiger partial charge < -0.3 is 4.74 Å². The van der Waals surface area contributed by atoms with E-state index in [1.807, 2.05) is 19.9 Å². The third kappa shape index (κ3) is 4.76. The van der Waals surface area contributed by atoms with Crippen molar-refractivity contribution >= 4 is 29.6 Å². The largest absolute Gasteiger partial charge is 0.489 e. The molecule has 1 heterocycles. The highest BCUT2D eigenvalue weighted by molar-refractivity contribution is 6.39. The van der Waals surface area contributed by atoms with E-state index in [0.717, 1.165) is 21.6 Å². The molecular formula is C28H26N2O4. The lowest BCUT2D eigenvalue weighted by molar-refractivity contribution is -0.122. The van der Waals surface area contributed by atoms with Gasteiger partial charge in [0.25, 0.3) is 11.8 Å². The lowest BCUT2D eigenvalue weighted by Gasteiger charge is -2.28. The van der Waals surface area contributed by atoms with Gasteiger partial charge in [-0.1, -0.05) is 53.6 Å². The van der Waals surface area contributed by atoms with E-state index in [4.69, 9.17) is 4.74 Å². The SMILES string of the molecule is Cc1cc(C)cc(COc2ccc(/C=C3\C(=O)NC(=O)N(c4cccc(C)c4C)C3=O)cc2)c1. The summed E-state index contributed by atoms with van der Waals surface area (Å²) in [6.45, 7) is 8.28. The molecule has 1 aliphatic heterocycles. The first-order valence-electron chi connectivity index (χ1n) is 11.0. The second kappa shape index (κ2) is 9.35. The number of aryl methyl sites for hydroxylation is 3. The fourth-order valence-electron chi connectivity index (χ4n) is 4.00. The van der Waals surface area contributed by atoms with Gasteiger partial charge in [-0.2, -0.15) is 0 Å². The first-order valence-corrected chi connectivity index (χ1v) is 11.0. The highest BCUT2D eigenvalue weighted by Crippen LogP contribution is 2.27. The van der Waals surface area contributed by atoms with Crippen molar-refractivity contribution in [3.05, 3.63) is 99.6 Å². The van der Waals surface area contributed by atoms with Gasteiger partial charge in [-0.3, -0.25) is 14.9 Å². The van der Waals surface area contributed by atoms with Crippen molar-refractivity contribution < 1.29 is 19.1 Å². The Morgan fingerprint density at radius 1 is 0.882 bits per heavy atom. The van der Waals surface area contributed by atoms with Crippen LogP contribution in [0.25, 0.3) is 6.08 Å². The smallest absolute Gasteiger partial charge is 0.335 e. The lowest BCUT2D eigenvalue weighted by atomic mass is 10.0. The van der Waals surface area contributed by atoms with Crippen LogP contribution < -0.4 is 15.0 Å². The minimum absolute atomic E-state index is 0.107. The Labute approximate surface area is 198 Å². The molecule has 4 rings (SSSR count). The van der Waals surface area contributed by atoms with E-state index >= 15 is 0 Å². The zero-order valence-electron chi connectivity index (χ0n) is 19.6. The quantitative estimate of drug-likeness (QED) is 0.427. The maximum Gasteiger partial charge on any atom is 0.335 e. The van der Waals surface area contributed by atoms with Crippen LogP contribution in [0.5, 0.6) is 5.75 Å². The van der Waals surface area contributed by atoms with Crippen molar-refractivity contribution in [2.45, 2.75) is 34.3 Å². The summed E-state index contributed by atoms with van der Waals surface area (Å²) in [5.41, 5.74) is 6.19. The van der Waals surface area contributed by atoms with Gasteiger partial charge in [0.15, 0.2) is 0 Å². The van der Waals surface area contributed by atoms with Crippen molar-refractivity contribution in [1.82, 2.24) is 5.32 Å². The third-order valence-electron chi connectivity index (χ3n) is 5.80. The number of hydrogen-bond donors (Lipinski definition) is 1. The summed E-state index contributed by atoms with van der Waals surface area (Å²) in [5, 5.41) is 2.27. The highest BCUT2D eigenvalue weighted by atomic mass is 16.5. The molecule has 0 saturated carbocycles. The normalized spacial score (nSPS) is 15.0. The Kier molecular flexibility index (Phi) is 6.32. The van der Waals surface area contributed by atoms with Gasteiger partial charge >= 0.3 is 6.03 Å². The van der Waals surface area contributed by atoms with Gasteiger partial charge in [0.2, 0.25) is 0 Å². The van der Waals surface area contributed by atoms with Crippen molar-refractivity contribution in [3.8, 4) is 5.75 Å².